The number of hydrogen-bond acceptors (Lipinski definition) is 8. The summed E-state index contributed by atoms with van der Waals surface area (Å²) in [7, 11) is -4.38. The summed E-state index contributed by atoms with van der Waals surface area (Å²) in [5.41, 5.74) is 5.34. The molecule has 0 bridgehead atoms. The average molecular weight is 768 g/mol. The van der Waals surface area contributed by atoms with Crippen molar-refractivity contribution in [3.8, 4) is 0 Å². The van der Waals surface area contributed by atoms with E-state index in [1.807, 2.05) is 0 Å². The van der Waals surface area contributed by atoms with Crippen molar-refractivity contribution in [3.63, 3.8) is 0 Å². The van der Waals surface area contributed by atoms with Crippen LogP contribution >= 0.6 is 7.82 Å². The molecular weight excluding hydrogens is 689 g/mol. The fraction of sp³-hybridized carbons (Fsp3) is 0.767. The lowest BCUT2D eigenvalue weighted by Crippen LogP contribution is -2.29. The quantitative estimate of drug-likeness (QED) is 0.0271. The molecule has 53 heavy (non-hydrogen) atoms. The van der Waals surface area contributed by atoms with Gasteiger partial charge in [-0.15, -0.1) is 0 Å². The number of allylic oxidation sites excluding steroid dienone is 8. The second-order valence-electron chi connectivity index (χ2n) is 13.8. The maximum absolute atomic E-state index is 12.6. The Hall–Kier alpha value is -2.03. The largest absolute Gasteiger partial charge is 0.472 e. The number of phosphoric acid groups is 1. The van der Waals surface area contributed by atoms with Crippen LogP contribution in [0.4, 0.5) is 0 Å². The Morgan fingerprint density at radius 2 is 0.981 bits per heavy atom. The summed E-state index contributed by atoms with van der Waals surface area (Å²) in [6, 6.07) is 0. The van der Waals surface area contributed by atoms with Gasteiger partial charge in [0.05, 0.1) is 13.2 Å². The summed E-state index contributed by atoms with van der Waals surface area (Å²) in [6.07, 6.45) is 44.2. The van der Waals surface area contributed by atoms with Crippen molar-refractivity contribution in [1.82, 2.24) is 0 Å². The predicted octanol–water partition coefficient (Wildman–Crippen LogP) is 11.9. The van der Waals surface area contributed by atoms with Crippen LogP contribution in [-0.2, 0) is 32.7 Å². The van der Waals surface area contributed by atoms with Gasteiger partial charge in [-0.1, -0.05) is 140 Å². The molecule has 0 radical (unpaired) electrons. The van der Waals surface area contributed by atoms with E-state index >= 15 is 0 Å². The van der Waals surface area contributed by atoms with Gasteiger partial charge in [-0.25, -0.2) is 4.57 Å². The van der Waals surface area contributed by atoms with Crippen LogP contribution in [0.25, 0.3) is 0 Å². The third-order valence-electron chi connectivity index (χ3n) is 8.69. The van der Waals surface area contributed by atoms with Crippen molar-refractivity contribution < 1.29 is 37.6 Å². The van der Waals surface area contributed by atoms with Gasteiger partial charge in [0.15, 0.2) is 6.10 Å². The van der Waals surface area contributed by atoms with Crippen LogP contribution in [0.2, 0.25) is 0 Å². The van der Waals surface area contributed by atoms with Gasteiger partial charge in [0.2, 0.25) is 0 Å². The first kappa shape index (κ1) is 51.0. The Kier molecular flexibility index (Phi) is 38.1. The SMILES string of the molecule is CCCCC/C=C\C/C=C\C/C=C\CCCCCCC(=O)O[C@H](COC(=O)CCCCCCCCC/C=C\CCCCCC)COP(=O)(O)OCCN. The van der Waals surface area contributed by atoms with Crippen LogP contribution in [0, 0.1) is 0 Å². The lowest BCUT2D eigenvalue weighted by atomic mass is 10.1. The normalized spacial score (nSPS) is 13.8. The minimum Gasteiger partial charge on any atom is -0.462 e. The van der Waals surface area contributed by atoms with Gasteiger partial charge in [0.1, 0.15) is 6.61 Å². The van der Waals surface area contributed by atoms with Gasteiger partial charge < -0.3 is 20.1 Å². The Labute approximate surface area is 324 Å². The van der Waals surface area contributed by atoms with Gasteiger partial charge in [-0.2, -0.15) is 0 Å². The highest BCUT2D eigenvalue weighted by Crippen LogP contribution is 2.43. The van der Waals surface area contributed by atoms with E-state index in [1.165, 1.54) is 77.0 Å². The van der Waals surface area contributed by atoms with Crippen molar-refractivity contribution in [1.29, 1.82) is 0 Å². The summed E-state index contributed by atoms with van der Waals surface area (Å²) < 4.78 is 32.7. The summed E-state index contributed by atoms with van der Waals surface area (Å²) in [5.74, 6) is -0.860. The summed E-state index contributed by atoms with van der Waals surface area (Å²) in [4.78, 5) is 34.8. The van der Waals surface area contributed by atoms with E-state index in [0.717, 1.165) is 70.6 Å². The fourth-order valence-electron chi connectivity index (χ4n) is 5.52. The van der Waals surface area contributed by atoms with Crippen LogP contribution in [0.15, 0.2) is 48.6 Å². The monoisotopic (exact) mass is 768 g/mol. The van der Waals surface area contributed by atoms with E-state index in [0.29, 0.717) is 6.42 Å². The molecular formula is C43H78NO8P. The van der Waals surface area contributed by atoms with E-state index in [4.69, 9.17) is 24.3 Å². The highest BCUT2D eigenvalue weighted by atomic mass is 31.2. The average Bonchev–Trinajstić information content (AvgIpc) is 3.14. The minimum absolute atomic E-state index is 0.0475. The first-order valence-corrected chi connectivity index (χ1v) is 22.6. The lowest BCUT2D eigenvalue weighted by molar-refractivity contribution is -0.161. The number of ether oxygens (including phenoxy) is 2. The molecule has 10 heteroatoms. The molecule has 0 aromatic carbocycles. The molecule has 308 valence electrons. The minimum atomic E-state index is -4.38. The molecule has 0 heterocycles. The first-order valence-electron chi connectivity index (χ1n) is 21.1. The zero-order valence-corrected chi connectivity index (χ0v) is 34.6. The molecule has 3 N–H and O–H groups in total. The molecule has 0 aliphatic rings. The first-order chi connectivity index (χ1) is 25.8. The lowest BCUT2D eigenvalue weighted by Gasteiger charge is -2.19. The van der Waals surface area contributed by atoms with Gasteiger partial charge in [-0.3, -0.25) is 18.6 Å². The van der Waals surface area contributed by atoms with E-state index in [1.54, 1.807) is 0 Å². The number of carbonyl (C=O) groups excluding carboxylic acids is 2. The molecule has 9 nitrogen and oxygen atoms in total. The molecule has 0 aliphatic heterocycles. The van der Waals surface area contributed by atoms with Crippen molar-refractivity contribution in [2.75, 3.05) is 26.4 Å². The van der Waals surface area contributed by atoms with Crippen molar-refractivity contribution in [3.05, 3.63) is 48.6 Å². The van der Waals surface area contributed by atoms with Gasteiger partial charge >= 0.3 is 19.8 Å². The van der Waals surface area contributed by atoms with Crippen LogP contribution in [0.5, 0.6) is 0 Å². The molecule has 0 aromatic rings. The number of rotatable bonds is 39. The molecule has 0 saturated heterocycles. The van der Waals surface area contributed by atoms with E-state index < -0.39 is 32.5 Å². The van der Waals surface area contributed by atoms with Gasteiger partial charge in [0, 0.05) is 19.4 Å². The van der Waals surface area contributed by atoms with Crippen LogP contribution in [0.3, 0.4) is 0 Å². The highest BCUT2D eigenvalue weighted by molar-refractivity contribution is 7.47. The van der Waals surface area contributed by atoms with E-state index in [9.17, 15) is 19.0 Å². The Morgan fingerprint density at radius 1 is 0.566 bits per heavy atom. The highest BCUT2D eigenvalue weighted by Gasteiger charge is 2.26. The fourth-order valence-corrected chi connectivity index (χ4v) is 6.28. The smallest absolute Gasteiger partial charge is 0.462 e. The molecule has 0 saturated carbocycles. The molecule has 0 aliphatic carbocycles. The van der Waals surface area contributed by atoms with E-state index in [2.05, 4.69) is 62.5 Å². The third-order valence-corrected chi connectivity index (χ3v) is 9.67. The van der Waals surface area contributed by atoms with Crippen molar-refractivity contribution in [2.45, 2.75) is 187 Å². The molecule has 1 unspecified atom stereocenters. The zero-order valence-electron chi connectivity index (χ0n) is 33.7. The second-order valence-corrected chi connectivity index (χ2v) is 15.3. The van der Waals surface area contributed by atoms with Gasteiger partial charge in [0.25, 0.3) is 0 Å². The molecule has 0 aromatic heterocycles. The Bertz CT molecular complexity index is 1010. The maximum atomic E-state index is 12.6. The number of unbranched alkanes of at least 4 members (excludes halogenated alkanes) is 18. The Balaban J connectivity index is 4.23. The second kappa shape index (κ2) is 39.7. The van der Waals surface area contributed by atoms with Crippen LogP contribution in [-0.4, -0.2) is 49.3 Å². The van der Waals surface area contributed by atoms with Crippen LogP contribution < -0.4 is 5.73 Å². The standard InChI is InChI=1S/C43H78NO8P/c1-3-5-7-9-11-13-15-17-19-20-22-24-26-28-30-32-34-36-43(46)52-41(40-51-53(47,48)50-38-37-44)39-49-42(45)35-33-31-29-27-25-23-21-18-16-14-12-10-8-6-4-2/h11,13-14,16-17,19,22,24,41H,3-10,12,15,18,20-21,23,25-40,44H2,1-2H3,(H,47,48)/b13-11-,16-14-,19-17-,24-22-/t41-/m1/s1. The topological polar surface area (TPSA) is 134 Å². The summed E-state index contributed by atoms with van der Waals surface area (Å²) in [5, 5.41) is 0. The molecule has 0 fully saturated rings. The molecule has 0 spiro atoms. The zero-order chi connectivity index (χ0) is 38.9. The molecule has 2 atom stereocenters. The number of phosphoric ester groups is 1. The molecule has 0 rings (SSSR count). The molecule has 0 amide bonds. The van der Waals surface area contributed by atoms with Gasteiger partial charge in [-0.05, 0) is 77.0 Å². The predicted molar refractivity (Wildman–Crippen MR) is 220 cm³/mol. The number of hydrogen-bond donors (Lipinski definition) is 2. The Morgan fingerprint density at radius 3 is 1.51 bits per heavy atom. The van der Waals surface area contributed by atoms with Crippen molar-refractivity contribution in [2.24, 2.45) is 5.73 Å². The summed E-state index contributed by atoms with van der Waals surface area (Å²) >= 11 is 0. The third kappa shape index (κ3) is 39.5. The van der Waals surface area contributed by atoms with E-state index in [-0.39, 0.29) is 32.6 Å². The maximum Gasteiger partial charge on any atom is 0.472 e. The van der Waals surface area contributed by atoms with Crippen LogP contribution in [0.1, 0.15) is 181 Å². The summed E-state index contributed by atoms with van der Waals surface area (Å²) in [6.45, 7) is 3.65. The number of esters is 2. The van der Waals surface area contributed by atoms with Crippen molar-refractivity contribution >= 4 is 19.8 Å². The number of nitrogens with two attached hydrogens (primary N) is 1. The number of carbonyl (C=O) groups is 2.